The van der Waals surface area contributed by atoms with Crippen LogP contribution in [0, 0.1) is 28.6 Å². The highest BCUT2D eigenvalue weighted by Gasteiger charge is 2.66. The molecule has 0 bridgehead atoms. The third-order valence-corrected chi connectivity index (χ3v) is 3.91. The molecule has 2 rings (SSSR count). The van der Waals surface area contributed by atoms with Gasteiger partial charge in [0.25, 0.3) is 0 Å². The Morgan fingerprint density at radius 2 is 2.27 bits per heavy atom. The second-order valence-corrected chi connectivity index (χ2v) is 4.89. The van der Waals surface area contributed by atoms with E-state index in [1.165, 1.54) is 0 Å². The van der Waals surface area contributed by atoms with Crippen LogP contribution in [0.1, 0.15) is 13.8 Å². The quantitative estimate of drug-likeness (QED) is 0.509. The average Bonchev–Trinajstić information content (AvgIpc) is 2.38. The number of rotatable bonds is 0. The molecule has 0 spiro atoms. The SMILES string of the molecule is CC1(C)C2CN(P)C(C#N)C21. The lowest BCUT2D eigenvalue weighted by molar-refractivity contribution is 0.347. The third-order valence-electron chi connectivity index (χ3n) is 3.38. The van der Waals surface area contributed by atoms with Crippen LogP contribution in [0.25, 0.3) is 0 Å². The zero-order valence-corrected chi connectivity index (χ0v) is 8.07. The van der Waals surface area contributed by atoms with Crippen molar-refractivity contribution in [3.05, 3.63) is 0 Å². The monoisotopic (exact) mass is 168 g/mol. The van der Waals surface area contributed by atoms with Crippen LogP contribution in [0.4, 0.5) is 0 Å². The number of nitrogens with zero attached hydrogens (tertiary/aromatic N) is 2. The van der Waals surface area contributed by atoms with Crippen molar-refractivity contribution in [2.75, 3.05) is 6.54 Å². The first kappa shape index (κ1) is 7.53. The molecule has 0 N–H and O–H groups in total. The summed E-state index contributed by atoms with van der Waals surface area (Å²) < 4.78 is 2.10. The van der Waals surface area contributed by atoms with Crippen molar-refractivity contribution in [2.45, 2.75) is 19.9 Å². The Morgan fingerprint density at radius 1 is 1.64 bits per heavy atom. The summed E-state index contributed by atoms with van der Waals surface area (Å²) >= 11 is 0. The van der Waals surface area contributed by atoms with E-state index in [-0.39, 0.29) is 6.04 Å². The van der Waals surface area contributed by atoms with Crippen molar-refractivity contribution in [1.29, 1.82) is 5.26 Å². The van der Waals surface area contributed by atoms with E-state index < -0.39 is 0 Å². The number of hydrogen-bond acceptors (Lipinski definition) is 2. The van der Waals surface area contributed by atoms with Crippen LogP contribution in [0.5, 0.6) is 0 Å². The number of hydrogen-bond donors (Lipinski definition) is 0. The molecule has 1 aliphatic carbocycles. The summed E-state index contributed by atoms with van der Waals surface area (Å²) in [6, 6.07) is 2.52. The largest absolute Gasteiger partial charge is 0.271 e. The lowest BCUT2D eigenvalue weighted by Gasteiger charge is -2.20. The molecule has 4 atom stereocenters. The minimum atomic E-state index is 0.153. The fraction of sp³-hybridized carbons (Fsp3) is 0.875. The van der Waals surface area contributed by atoms with E-state index in [4.69, 9.17) is 5.26 Å². The minimum absolute atomic E-state index is 0.153. The second kappa shape index (κ2) is 1.97. The van der Waals surface area contributed by atoms with Gasteiger partial charge in [-0.1, -0.05) is 23.2 Å². The summed E-state index contributed by atoms with van der Waals surface area (Å²) in [5.74, 6) is 1.40. The minimum Gasteiger partial charge on any atom is -0.271 e. The molecule has 1 heterocycles. The van der Waals surface area contributed by atoms with Crippen LogP contribution in [0.2, 0.25) is 0 Å². The Kier molecular flexibility index (Phi) is 1.35. The van der Waals surface area contributed by atoms with E-state index in [1.807, 2.05) is 0 Å². The fourth-order valence-corrected chi connectivity index (χ4v) is 2.94. The Bertz CT molecular complexity index is 231. The van der Waals surface area contributed by atoms with Gasteiger partial charge in [-0.15, -0.1) is 0 Å². The van der Waals surface area contributed by atoms with Crippen molar-refractivity contribution in [2.24, 2.45) is 17.3 Å². The molecule has 1 aliphatic heterocycles. The summed E-state index contributed by atoms with van der Waals surface area (Å²) in [6.07, 6.45) is 0. The summed E-state index contributed by atoms with van der Waals surface area (Å²) in [7, 11) is 2.65. The van der Waals surface area contributed by atoms with Crippen molar-refractivity contribution in [3.8, 4) is 6.07 Å². The molecular weight excluding hydrogens is 155 g/mol. The second-order valence-electron chi connectivity index (χ2n) is 4.22. The van der Waals surface area contributed by atoms with Crippen molar-refractivity contribution >= 4 is 9.39 Å². The van der Waals surface area contributed by atoms with Gasteiger partial charge in [0.15, 0.2) is 0 Å². The molecule has 1 saturated heterocycles. The first-order chi connectivity index (χ1) is 5.09. The summed E-state index contributed by atoms with van der Waals surface area (Å²) in [4.78, 5) is 0. The van der Waals surface area contributed by atoms with Gasteiger partial charge in [-0.05, 0) is 17.3 Å². The van der Waals surface area contributed by atoms with Crippen molar-refractivity contribution in [3.63, 3.8) is 0 Å². The highest BCUT2D eigenvalue weighted by Crippen LogP contribution is 2.65. The Balaban J connectivity index is 2.18. The molecule has 0 aromatic heterocycles. The molecule has 0 aromatic carbocycles. The van der Waals surface area contributed by atoms with Gasteiger partial charge in [-0.3, -0.25) is 4.67 Å². The molecule has 1 saturated carbocycles. The van der Waals surface area contributed by atoms with E-state index in [2.05, 4.69) is 34.0 Å². The number of fused-ring (bicyclic) bond motifs is 1. The maximum absolute atomic E-state index is 8.86. The molecule has 2 nitrogen and oxygen atoms in total. The predicted octanol–water partition coefficient (Wildman–Crippen LogP) is 1.26. The summed E-state index contributed by atoms with van der Waals surface area (Å²) in [5, 5.41) is 8.86. The summed E-state index contributed by atoms with van der Waals surface area (Å²) in [5.41, 5.74) is 0.438. The maximum Gasteiger partial charge on any atom is 0.104 e. The molecule has 2 fully saturated rings. The standard InChI is InChI=1S/C8H13N2P/c1-8(2)5-4-10(11)6(3-9)7(5)8/h5-7H,4,11H2,1-2H3. The predicted molar refractivity (Wildman–Crippen MR) is 46.6 cm³/mol. The van der Waals surface area contributed by atoms with Crippen LogP contribution >= 0.6 is 9.39 Å². The number of nitriles is 1. The van der Waals surface area contributed by atoms with E-state index in [9.17, 15) is 0 Å². The van der Waals surface area contributed by atoms with E-state index >= 15 is 0 Å². The Hall–Kier alpha value is -0.120. The normalized spacial score (nSPS) is 46.5. The Morgan fingerprint density at radius 3 is 2.64 bits per heavy atom. The first-order valence-electron chi connectivity index (χ1n) is 4.00. The van der Waals surface area contributed by atoms with Gasteiger partial charge in [0.2, 0.25) is 0 Å². The molecule has 4 unspecified atom stereocenters. The molecule has 2 aliphatic rings. The molecule has 0 amide bonds. The van der Waals surface area contributed by atoms with Gasteiger partial charge in [0, 0.05) is 6.54 Å². The first-order valence-corrected chi connectivity index (χ1v) is 4.51. The van der Waals surface area contributed by atoms with Crippen LogP contribution in [-0.4, -0.2) is 17.3 Å². The van der Waals surface area contributed by atoms with Gasteiger partial charge < -0.3 is 0 Å². The van der Waals surface area contributed by atoms with Gasteiger partial charge in [0.1, 0.15) is 6.04 Å². The zero-order valence-electron chi connectivity index (χ0n) is 6.91. The van der Waals surface area contributed by atoms with Crippen molar-refractivity contribution < 1.29 is 0 Å². The van der Waals surface area contributed by atoms with Crippen LogP contribution in [0.15, 0.2) is 0 Å². The average molecular weight is 168 g/mol. The van der Waals surface area contributed by atoms with Crippen molar-refractivity contribution in [1.82, 2.24) is 4.67 Å². The lowest BCUT2D eigenvalue weighted by atomic mass is 10.0. The molecule has 0 aromatic rings. The van der Waals surface area contributed by atoms with Crippen LogP contribution < -0.4 is 0 Å². The van der Waals surface area contributed by atoms with E-state index in [0.29, 0.717) is 11.3 Å². The lowest BCUT2D eigenvalue weighted by Crippen LogP contribution is -2.26. The zero-order chi connectivity index (χ0) is 8.22. The van der Waals surface area contributed by atoms with Gasteiger partial charge in [-0.25, -0.2) is 0 Å². The van der Waals surface area contributed by atoms with E-state index in [1.54, 1.807) is 0 Å². The van der Waals surface area contributed by atoms with Gasteiger partial charge in [0.05, 0.1) is 6.07 Å². The van der Waals surface area contributed by atoms with Gasteiger partial charge >= 0.3 is 0 Å². The highest BCUT2D eigenvalue weighted by atomic mass is 31.0. The fourth-order valence-electron chi connectivity index (χ4n) is 2.46. The molecule has 11 heavy (non-hydrogen) atoms. The smallest absolute Gasteiger partial charge is 0.104 e. The van der Waals surface area contributed by atoms with Crippen LogP contribution in [0.3, 0.4) is 0 Å². The molecule has 3 heteroatoms. The van der Waals surface area contributed by atoms with E-state index in [0.717, 1.165) is 12.5 Å². The molecule has 60 valence electrons. The molecular formula is C8H13N2P. The topological polar surface area (TPSA) is 27.0 Å². The number of piperidine rings is 1. The third kappa shape index (κ3) is 0.789. The molecule has 0 radical (unpaired) electrons. The summed E-state index contributed by atoms with van der Waals surface area (Å²) in [6.45, 7) is 5.62. The maximum atomic E-state index is 8.86. The highest BCUT2D eigenvalue weighted by molar-refractivity contribution is 7.13. The van der Waals surface area contributed by atoms with Gasteiger partial charge in [-0.2, -0.15) is 5.26 Å². The van der Waals surface area contributed by atoms with Crippen LogP contribution in [-0.2, 0) is 0 Å². The Labute approximate surface area is 69.8 Å².